The maximum Gasteiger partial charge on any atom is 0.245 e. The second kappa shape index (κ2) is 5.24. The zero-order valence-corrected chi connectivity index (χ0v) is 11.5. The molecule has 0 spiro atoms. The number of nitrogens with zero attached hydrogens (tertiary/aromatic N) is 2. The monoisotopic (exact) mass is 274 g/mol. The first kappa shape index (κ1) is 13.3. The third kappa shape index (κ3) is 2.66. The van der Waals surface area contributed by atoms with E-state index in [-0.39, 0.29) is 11.0 Å². The standard InChI is InChI=1S/C13H14N4OS/c1-17(2)9-5-3-8(4-6-9)11-10(7-14)12(18)16-13(19)15-11/h3-6,10-11H,1-2H3,(H2,15,16,18,19)/t10-,11-/m1/s1. The molecule has 0 radical (unpaired) electrons. The number of rotatable bonds is 2. The second-order valence-corrected chi connectivity index (χ2v) is 4.94. The van der Waals surface area contributed by atoms with Crippen LogP contribution in [0.3, 0.4) is 0 Å². The number of carbonyl (C=O) groups is 1. The topological polar surface area (TPSA) is 68.2 Å². The highest BCUT2D eigenvalue weighted by Gasteiger charge is 2.34. The van der Waals surface area contributed by atoms with Crippen molar-refractivity contribution in [3.63, 3.8) is 0 Å². The summed E-state index contributed by atoms with van der Waals surface area (Å²) in [4.78, 5) is 13.7. The van der Waals surface area contributed by atoms with Gasteiger partial charge in [0.1, 0.15) is 5.92 Å². The van der Waals surface area contributed by atoms with Crippen LogP contribution in [0.2, 0.25) is 0 Å². The van der Waals surface area contributed by atoms with Crippen LogP contribution in [0.15, 0.2) is 24.3 Å². The molecule has 1 saturated heterocycles. The number of amides is 1. The summed E-state index contributed by atoms with van der Waals surface area (Å²) in [5.74, 6) is -1.13. The van der Waals surface area contributed by atoms with Crippen LogP contribution in [-0.2, 0) is 4.79 Å². The zero-order valence-electron chi connectivity index (χ0n) is 10.7. The van der Waals surface area contributed by atoms with Crippen LogP contribution >= 0.6 is 12.2 Å². The van der Waals surface area contributed by atoms with Gasteiger partial charge in [-0.05, 0) is 29.9 Å². The van der Waals surface area contributed by atoms with E-state index < -0.39 is 12.0 Å². The average Bonchev–Trinajstić information content (AvgIpc) is 2.38. The molecule has 2 atom stereocenters. The van der Waals surface area contributed by atoms with E-state index in [2.05, 4.69) is 10.6 Å². The van der Waals surface area contributed by atoms with Crippen molar-refractivity contribution in [3.05, 3.63) is 29.8 Å². The number of benzene rings is 1. The maximum absolute atomic E-state index is 11.7. The third-order valence-corrected chi connectivity index (χ3v) is 3.27. The van der Waals surface area contributed by atoms with Crippen LogP contribution in [0.5, 0.6) is 0 Å². The molecule has 19 heavy (non-hydrogen) atoms. The number of hydrogen-bond acceptors (Lipinski definition) is 4. The molecule has 1 heterocycles. The number of thiocarbonyl (C=S) groups is 1. The van der Waals surface area contributed by atoms with E-state index in [1.54, 1.807) is 0 Å². The number of anilines is 1. The van der Waals surface area contributed by atoms with Gasteiger partial charge in [-0.2, -0.15) is 5.26 Å². The minimum absolute atomic E-state index is 0.262. The van der Waals surface area contributed by atoms with Gasteiger partial charge in [0.15, 0.2) is 5.11 Å². The van der Waals surface area contributed by atoms with Gasteiger partial charge in [-0.1, -0.05) is 12.1 Å². The molecule has 5 nitrogen and oxygen atoms in total. The predicted octanol–water partition coefficient (Wildman–Crippen LogP) is 0.938. The highest BCUT2D eigenvalue weighted by Crippen LogP contribution is 2.26. The first-order valence-electron chi connectivity index (χ1n) is 5.81. The van der Waals surface area contributed by atoms with E-state index in [1.165, 1.54) is 0 Å². The van der Waals surface area contributed by atoms with E-state index in [0.717, 1.165) is 11.3 Å². The quantitative estimate of drug-likeness (QED) is 0.786. The Hall–Kier alpha value is -2.13. The molecule has 1 aliphatic heterocycles. The van der Waals surface area contributed by atoms with Crippen molar-refractivity contribution in [3.8, 4) is 6.07 Å². The zero-order chi connectivity index (χ0) is 14.0. The van der Waals surface area contributed by atoms with Crippen molar-refractivity contribution in [1.29, 1.82) is 5.26 Å². The van der Waals surface area contributed by atoms with Crippen molar-refractivity contribution in [2.75, 3.05) is 19.0 Å². The van der Waals surface area contributed by atoms with Crippen LogP contribution in [0.25, 0.3) is 0 Å². The fourth-order valence-electron chi connectivity index (χ4n) is 1.99. The molecule has 1 amide bonds. The lowest BCUT2D eigenvalue weighted by Gasteiger charge is -2.29. The number of hydrogen-bond donors (Lipinski definition) is 2. The molecule has 0 bridgehead atoms. The summed E-state index contributed by atoms with van der Waals surface area (Å²) < 4.78 is 0. The molecule has 1 aliphatic rings. The van der Waals surface area contributed by atoms with Crippen LogP contribution < -0.4 is 15.5 Å². The molecule has 2 N–H and O–H groups in total. The summed E-state index contributed by atoms with van der Waals surface area (Å²) in [5.41, 5.74) is 1.93. The van der Waals surface area contributed by atoms with Gasteiger partial charge in [-0.3, -0.25) is 4.79 Å². The lowest BCUT2D eigenvalue weighted by molar-refractivity contribution is -0.123. The largest absolute Gasteiger partial charge is 0.378 e. The van der Waals surface area contributed by atoms with Crippen molar-refractivity contribution < 1.29 is 4.79 Å². The Bertz CT molecular complexity index is 547. The highest BCUT2D eigenvalue weighted by molar-refractivity contribution is 7.80. The second-order valence-electron chi connectivity index (χ2n) is 4.53. The van der Waals surface area contributed by atoms with Gasteiger partial charge < -0.3 is 15.5 Å². The molecule has 0 aliphatic carbocycles. The first-order valence-corrected chi connectivity index (χ1v) is 6.22. The summed E-state index contributed by atoms with van der Waals surface area (Å²) >= 11 is 4.97. The van der Waals surface area contributed by atoms with Crippen LogP contribution in [-0.4, -0.2) is 25.1 Å². The Labute approximate surface area is 117 Å². The van der Waals surface area contributed by atoms with Gasteiger partial charge in [0, 0.05) is 19.8 Å². The maximum atomic E-state index is 11.7. The summed E-state index contributed by atoms with van der Waals surface area (Å²) in [6.07, 6.45) is 0. The van der Waals surface area contributed by atoms with Gasteiger partial charge in [0.25, 0.3) is 0 Å². The summed E-state index contributed by atoms with van der Waals surface area (Å²) in [6, 6.07) is 9.31. The lowest BCUT2D eigenvalue weighted by atomic mass is 9.92. The molecule has 1 fully saturated rings. The molecule has 0 saturated carbocycles. The average molecular weight is 274 g/mol. The van der Waals surface area contributed by atoms with Gasteiger partial charge >= 0.3 is 0 Å². The minimum atomic E-state index is -0.781. The lowest BCUT2D eigenvalue weighted by Crippen LogP contribution is -2.53. The molecule has 1 aromatic carbocycles. The molecular formula is C13H14N4OS. The van der Waals surface area contributed by atoms with Crippen molar-refractivity contribution in [2.24, 2.45) is 5.92 Å². The molecule has 6 heteroatoms. The third-order valence-electron chi connectivity index (χ3n) is 3.05. The smallest absolute Gasteiger partial charge is 0.245 e. The van der Waals surface area contributed by atoms with Gasteiger partial charge in [-0.15, -0.1) is 0 Å². The molecular weight excluding hydrogens is 260 g/mol. The van der Waals surface area contributed by atoms with Crippen LogP contribution in [0.1, 0.15) is 11.6 Å². The van der Waals surface area contributed by atoms with Crippen molar-refractivity contribution in [1.82, 2.24) is 10.6 Å². The summed E-state index contributed by atoms with van der Waals surface area (Å²) in [5, 5.41) is 14.8. The van der Waals surface area contributed by atoms with Gasteiger partial charge in [0.05, 0.1) is 12.1 Å². The summed E-state index contributed by atoms with van der Waals surface area (Å²) in [7, 11) is 3.91. The number of nitriles is 1. The number of nitrogens with one attached hydrogen (secondary N) is 2. The van der Waals surface area contributed by atoms with Crippen molar-refractivity contribution in [2.45, 2.75) is 6.04 Å². The Kier molecular flexibility index (Phi) is 3.67. The van der Waals surface area contributed by atoms with Crippen molar-refractivity contribution >= 4 is 28.9 Å². The van der Waals surface area contributed by atoms with Crippen LogP contribution in [0.4, 0.5) is 5.69 Å². The predicted molar refractivity (Wildman–Crippen MR) is 76.5 cm³/mol. The Morgan fingerprint density at radius 2 is 1.95 bits per heavy atom. The van der Waals surface area contributed by atoms with Gasteiger partial charge in [0.2, 0.25) is 5.91 Å². The first-order chi connectivity index (χ1) is 9.02. The summed E-state index contributed by atoms with van der Waals surface area (Å²) in [6.45, 7) is 0. The van der Waals surface area contributed by atoms with E-state index in [9.17, 15) is 4.79 Å². The number of carbonyl (C=O) groups excluding carboxylic acids is 1. The van der Waals surface area contributed by atoms with E-state index in [1.807, 2.05) is 49.3 Å². The molecule has 0 aromatic heterocycles. The Balaban J connectivity index is 2.30. The van der Waals surface area contributed by atoms with E-state index >= 15 is 0 Å². The van der Waals surface area contributed by atoms with Gasteiger partial charge in [-0.25, -0.2) is 0 Å². The normalized spacial score (nSPS) is 22.2. The minimum Gasteiger partial charge on any atom is -0.378 e. The highest BCUT2D eigenvalue weighted by atomic mass is 32.1. The Morgan fingerprint density at radius 3 is 2.47 bits per heavy atom. The fourth-order valence-corrected chi connectivity index (χ4v) is 2.22. The molecule has 0 unspecified atom stereocenters. The fraction of sp³-hybridized carbons (Fsp3) is 0.308. The van der Waals surface area contributed by atoms with E-state index in [0.29, 0.717) is 0 Å². The van der Waals surface area contributed by atoms with E-state index in [4.69, 9.17) is 17.5 Å². The molecule has 1 aromatic rings. The Morgan fingerprint density at radius 1 is 1.32 bits per heavy atom. The van der Waals surface area contributed by atoms with Crippen LogP contribution in [0, 0.1) is 17.2 Å². The molecule has 98 valence electrons. The molecule has 2 rings (SSSR count). The SMILES string of the molecule is CN(C)c1ccc([C@H]2NC(=S)NC(=O)[C@@H]2C#N)cc1.